The molecule has 0 saturated carbocycles. The zero-order chi connectivity index (χ0) is 13.4. The number of methoxy groups -OCH3 is 1. The molecule has 0 heterocycles. The quantitative estimate of drug-likeness (QED) is 0.721. The van der Waals surface area contributed by atoms with Crippen LogP contribution in [0.25, 0.3) is 0 Å². The summed E-state index contributed by atoms with van der Waals surface area (Å²) in [4.78, 5) is 0. The Morgan fingerprint density at radius 3 is 2.56 bits per heavy atom. The van der Waals surface area contributed by atoms with Gasteiger partial charge in [-0.2, -0.15) is 0 Å². The molecular weight excluding hydrogens is 226 g/mol. The van der Waals surface area contributed by atoms with E-state index in [1.807, 2.05) is 19.2 Å². The van der Waals surface area contributed by atoms with Crippen molar-refractivity contribution >= 4 is 0 Å². The molecule has 0 aliphatic rings. The Kier molecular flexibility index (Phi) is 6.76. The van der Waals surface area contributed by atoms with Crippen molar-refractivity contribution in [2.24, 2.45) is 5.92 Å². The number of hydrogen-bond acceptors (Lipinski definition) is 3. The van der Waals surface area contributed by atoms with Crippen molar-refractivity contribution in [2.75, 3.05) is 33.9 Å². The zero-order valence-electron chi connectivity index (χ0n) is 11.9. The molecular formula is C15H25NO2. The predicted molar refractivity (Wildman–Crippen MR) is 75.3 cm³/mol. The lowest BCUT2D eigenvalue weighted by molar-refractivity contribution is 0.145. The van der Waals surface area contributed by atoms with Gasteiger partial charge in [0.1, 0.15) is 12.4 Å². The first-order valence-electron chi connectivity index (χ1n) is 6.56. The van der Waals surface area contributed by atoms with Crippen LogP contribution in [0.2, 0.25) is 0 Å². The summed E-state index contributed by atoms with van der Waals surface area (Å²) in [6, 6.07) is 8.27. The summed E-state index contributed by atoms with van der Waals surface area (Å²) < 4.78 is 10.8. The number of nitrogens with one attached hydrogen (secondary N) is 1. The van der Waals surface area contributed by atoms with Gasteiger partial charge in [-0.05, 0) is 37.1 Å². The van der Waals surface area contributed by atoms with E-state index in [2.05, 4.69) is 31.3 Å². The summed E-state index contributed by atoms with van der Waals surface area (Å²) in [7, 11) is 3.68. The van der Waals surface area contributed by atoms with Gasteiger partial charge in [-0.1, -0.05) is 32.0 Å². The van der Waals surface area contributed by atoms with Crippen LogP contribution in [0.1, 0.15) is 25.3 Å². The third-order valence-corrected chi connectivity index (χ3v) is 3.33. The third-order valence-electron chi connectivity index (χ3n) is 3.33. The van der Waals surface area contributed by atoms with Crippen LogP contribution in [0.4, 0.5) is 0 Å². The first kappa shape index (κ1) is 15.0. The van der Waals surface area contributed by atoms with Gasteiger partial charge in [0.05, 0.1) is 6.61 Å². The highest BCUT2D eigenvalue weighted by Gasteiger charge is 2.17. The summed E-state index contributed by atoms with van der Waals surface area (Å²) in [5.41, 5.74) is 1.27. The van der Waals surface area contributed by atoms with E-state index in [4.69, 9.17) is 9.47 Å². The van der Waals surface area contributed by atoms with Gasteiger partial charge >= 0.3 is 0 Å². The Morgan fingerprint density at radius 2 is 1.89 bits per heavy atom. The molecule has 18 heavy (non-hydrogen) atoms. The van der Waals surface area contributed by atoms with E-state index in [9.17, 15) is 0 Å². The minimum absolute atomic E-state index is 0.469. The Balaban J connectivity index is 2.73. The number of hydrogen-bond donors (Lipinski definition) is 1. The second-order valence-corrected chi connectivity index (χ2v) is 4.70. The van der Waals surface area contributed by atoms with E-state index in [-0.39, 0.29) is 0 Å². The maximum Gasteiger partial charge on any atom is 0.122 e. The Morgan fingerprint density at radius 1 is 1.17 bits per heavy atom. The molecule has 1 rings (SSSR count). The van der Waals surface area contributed by atoms with Crippen LogP contribution in [0.15, 0.2) is 24.3 Å². The maximum absolute atomic E-state index is 5.78. The van der Waals surface area contributed by atoms with Crippen LogP contribution < -0.4 is 10.1 Å². The minimum atomic E-state index is 0.469. The molecule has 0 saturated heterocycles. The van der Waals surface area contributed by atoms with Crippen molar-refractivity contribution in [1.82, 2.24) is 5.32 Å². The molecule has 0 amide bonds. The monoisotopic (exact) mass is 251 g/mol. The molecule has 0 fully saturated rings. The molecule has 0 spiro atoms. The summed E-state index contributed by atoms with van der Waals surface area (Å²) in [5, 5.41) is 3.23. The fraction of sp³-hybridized carbons (Fsp3) is 0.600. The van der Waals surface area contributed by atoms with E-state index in [1.165, 1.54) is 5.56 Å². The van der Waals surface area contributed by atoms with Gasteiger partial charge in [-0.3, -0.25) is 0 Å². The zero-order valence-corrected chi connectivity index (χ0v) is 11.9. The summed E-state index contributed by atoms with van der Waals surface area (Å²) in [6.45, 7) is 6.73. The maximum atomic E-state index is 5.78. The first-order valence-corrected chi connectivity index (χ1v) is 6.56. The van der Waals surface area contributed by atoms with Crippen LogP contribution in [0.5, 0.6) is 5.75 Å². The molecule has 0 aromatic heterocycles. The van der Waals surface area contributed by atoms with Crippen LogP contribution >= 0.6 is 0 Å². The molecule has 0 aliphatic carbocycles. The number of benzene rings is 1. The van der Waals surface area contributed by atoms with Gasteiger partial charge in [0.15, 0.2) is 0 Å². The molecule has 0 radical (unpaired) electrons. The largest absolute Gasteiger partial charge is 0.491 e. The van der Waals surface area contributed by atoms with Crippen molar-refractivity contribution in [1.29, 1.82) is 0 Å². The van der Waals surface area contributed by atoms with Gasteiger partial charge in [0.2, 0.25) is 0 Å². The SMILES string of the molecule is CNCC(C)C(C)c1ccccc1OCCOC. The van der Waals surface area contributed by atoms with Gasteiger partial charge in [-0.15, -0.1) is 0 Å². The van der Waals surface area contributed by atoms with Gasteiger partial charge < -0.3 is 14.8 Å². The second-order valence-electron chi connectivity index (χ2n) is 4.70. The van der Waals surface area contributed by atoms with Crippen LogP contribution in [0.3, 0.4) is 0 Å². The van der Waals surface area contributed by atoms with E-state index in [0.717, 1.165) is 12.3 Å². The Labute approximate surface area is 110 Å². The molecule has 1 N–H and O–H groups in total. The highest BCUT2D eigenvalue weighted by atomic mass is 16.5. The van der Waals surface area contributed by atoms with Crippen LogP contribution in [-0.2, 0) is 4.74 Å². The average Bonchev–Trinajstić information content (AvgIpc) is 2.39. The molecule has 1 aromatic carbocycles. The first-order chi connectivity index (χ1) is 8.70. The standard InChI is InChI=1S/C15H25NO2/c1-12(11-16-3)13(2)14-7-5-6-8-15(14)18-10-9-17-4/h5-8,12-13,16H,9-11H2,1-4H3. The van der Waals surface area contributed by atoms with Crippen LogP contribution in [-0.4, -0.2) is 33.9 Å². The molecule has 2 atom stereocenters. The van der Waals surface area contributed by atoms with Crippen molar-refractivity contribution in [2.45, 2.75) is 19.8 Å². The normalized spacial score (nSPS) is 14.2. The van der Waals surface area contributed by atoms with Gasteiger partial charge in [0.25, 0.3) is 0 Å². The average molecular weight is 251 g/mol. The van der Waals surface area contributed by atoms with Gasteiger partial charge in [0, 0.05) is 7.11 Å². The molecule has 3 heteroatoms. The molecule has 102 valence electrons. The minimum Gasteiger partial charge on any atom is -0.491 e. The van der Waals surface area contributed by atoms with E-state index >= 15 is 0 Å². The molecule has 3 nitrogen and oxygen atoms in total. The highest BCUT2D eigenvalue weighted by molar-refractivity contribution is 5.36. The number of rotatable bonds is 8. The Bertz CT molecular complexity index is 341. The third kappa shape index (κ3) is 4.31. The van der Waals surface area contributed by atoms with E-state index in [1.54, 1.807) is 7.11 Å². The van der Waals surface area contributed by atoms with Crippen molar-refractivity contribution in [3.63, 3.8) is 0 Å². The topological polar surface area (TPSA) is 30.5 Å². The highest BCUT2D eigenvalue weighted by Crippen LogP contribution is 2.31. The number of ether oxygens (including phenoxy) is 2. The lowest BCUT2D eigenvalue weighted by atomic mass is 9.88. The predicted octanol–water partition coefficient (Wildman–Crippen LogP) is 2.67. The van der Waals surface area contributed by atoms with E-state index < -0.39 is 0 Å². The summed E-state index contributed by atoms with van der Waals surface area (Å²) >= 11 is 0. The Hall–Kier alpha value is -1.06. The fourth-order valence-corrected chi connectivity index (χ4v) is 2.03. The number of para-hydroxylation sites is 1. The smallest absolute Gasteiger partial charge is 0.122 e. The van der Waals surface area contributed by atoms with Crippen LogP contribution in [0, 0.1) is 5.92 Å². The van der Waals surface area contributed by atoms with Crippen molar-refractivity contribution < 1.29 is 9.47 Å². The lowest BCUT2D eigenvalue weighted by Crippen LogP contribution is -2.21. The molecule has 1 aromatic rings. The molecule has 2 unspecified atom stereocenters. The fourth-order valence-electron chi connectivity index (χ4n) is 2.03. The lowest BCUT2D eigenvalue weighted by Gasteiger charge is -2.22. The van der Waals surface area contributed by atoms with Gasteiger partial charge in [-0.25, -0.2) is 0 Å². The molecule has 0 aliphatic heterocycles. The van der Waals surface area contributed by atoms with Crippen molar-refractivity contribution in [3.8, 4) is 5.75 Å². The molecule has 0 bridgehead atoms. The summed E-state index contributed by atoms with van der Waals surface area (Å²) in [5.74, 6) is 2.02. The summed E-state index contributed by atoms with van der Waals surface area (Å²) in [6.07, 6.45) is 0. The van der Waals surface area contributed by atoms with E-state index in [0.29, 0.717) is 25.0 Å². The van der Waals surface area contributed by atoms with Crippen molar-refractivity contribution in [3.05, 3.63) is 29.8 Å². The second kappa shape index (κ2) is 8.11.